The van der Waals surface area contributed by atoms with Crippen LogP contribution in [0.3, 0.4) is 0 Å². The highest BCUT2D eigenvalue weighted by atomic mass is 19.3. The molecule has 94 valence electrons. The average Bonchev–Trinajstić information content (AvgIpc) is 2.28. The first-order valence-electron chi connectivity index (χ1n) is 5.59. The lowest BCUT2D eigenvalue weighted by Gasteiger charge is -2.17. The van der Waals surface area contributed by atoms with Gasteiger partial charge < -0.3 is 5.11 Å². The van der Waals surface area contributed by atoms with Crippen molar-refractivity contribution in [2.45, 2.75) is 38.5 Å². The van der Waals surface area contributed by atoms with Crippen molar-refractivity contribution in [1.29, 1.82) is 0 Å². The SMILES string of the molecule is CCCC(F)(F)c1cccc(C(C)C(=O)O)c1. The molecule has 0 amide bonds. The van der Waals surface area contributed by atoms with Crippen LogP contribution in [-0.2, 0) is 10.7 Å². The fraction of sp³-hybridized carbons (Fsp3) is 0.462. The molecule has 0 aliphatic carbocycles. The van der Waals surface area contributed by atoms with E-state index < -0.39 is 17.8 Å². The fourth-order valence-electron chi connectivity index (χ4n) is 1.64. The average molecular weight is 242 g/mol. The van der Waals surface area contributed by atoms with Gasteiger partial charge in [-0.25, -0.2) is 8.78 Å². The van der Waals surface area contributed by atoms with Crippen LogP contribution in [0.2, 0.25) is 0 Å². The van der Waals surface area contributed by atoms with Crippen molar-refractivity contribution in [3.63, 3.8) is 0 Å². The Bertz CT molecular complexity index is 402. The molecule has 0 fully saturated rings. The number of benzene rings is 1. The Morgan fingerprint density at radius 2 is 2.12 bits per heavy atom. The van der Waals surface area contributed by atoms with Gasteiger partial charge in [-0.1, -0.05) is 31.5 Å². The highest BCUT2D eigenvalue weighted by Gasteiger charge is 2.30. The topological polar surface area (TPSA) is 37.3 Å². The van der Waals surface area contributed by atoms with Crippen molar-refractivity contribution in [2.75, 3.05) is 0 Å². The van der Waals surface area contributed by atoms with Gasteiger partial charge in [-0.05, 0) is 18.6 Å². The Morgan fingerprint density at radius 3 is 2.65 bits per heavy atom. The molecule has 0 saturated heterocycles. The zero-order valence-electron chi connectivity index (χ0n) is 9.91. The van der Waals surface area contributed by atoms with Gasteiger partial charge >= 0.3 is 5.97 Å². The van der Waals surface area contributed by atoms with E-state index in [1.807, 2.05) is 0 Å². The third-order valence-electron chi connectivity index (χ3n) is 2.74. The minimum absolute atomic E-state index is 0.107. The summed E-state index contributed by atoms with van der Waals surface area (Å²) in [7, 11) is 0. The van der Waals surface area contributed by atoms with Crippen LogP contribution < -0.4 is 0 Å². The molecule has 0 aromatic heterocycles. The summed E-state index contributed by atoms with van der Waals surface area (Å²) in [6, 6.07) is 5.67. The lowest BCUT2D eigenvalue weighted by Crippen LogP contribution is -2.14. The van der Waals surface area contributed by atoms with Crippen LogP contribution in [0.4, 0.5) is 8.78 Å². The summed E-state index contributed by atoms with van der Waals surface area (Å²) in [5, 5.41) is 8.84. The molecule has 2 nitrogen and oxygen atoms in total. The van der Waals surface area contributed by atoms with Gasteiger partial charge in [0.1, 0.15) is 0 Å². The maximum atomic E-state index is 13.7. The van der Waals surface area contributed by atoms with E-state index in [-0.39, 0.29) is 12.0 Å². The Kier molecular flexibility index (Phi) is 4.21. The molecule has 1 atom stereocenters. The highest BCUT2D eigenvalue weighted by molar-refractivity contribution is 5.75. The zero-order valence-corrected chi connectivity index (χ0v) is 9.91. The summed E-state index contributed by atoms with van der Waals surface area (Å²) in [5.41, 5.74) is 0.302. The van der Waals surface area contributed by atoms with Gasteiger partial charge in [-0.15, -0.1) is 0 Å². The molecule has 0 spiro atoms. The molecule has 1 N–H and O–H groups in total. The van der Waals surface area contributed by atoms with E-state index >= 15 is 0 Å². The summed E-state index contributed by atoms with van der Waals surface area (Å²) < 4.78 is 27.3. The second-order valence-corrected chi connectivity index (χ2v) is 4.14. The Balaban J connectivity index is 3.04. The second-order valence-electron chi connectivity index (χ2n) is 4.14. The maximum Gasteiger partial charge on any atom is 0.310 e. The van der Waals surface area contributed by atoms with Crippen molar-refractivity contribution in [3.05, 3.63) is 35.4 Å². The van der Waals surface area contributed by atoms with E-state index in [0.717, 1.165) is 0 Å². The minimum atomic E-state index is -2.89. The van der Waals surface area contributed by atoms with Crippen LogP contribution in [0.5, 0.6) is 0 Å². The van der Waals surface area contributed by atoms with Crippen molar-refractivity contribution in [3.8, 4) is 0 Å². The molecule has 17 heavy (non-hydrogen) atoms. The lowest BCUT2D eigenvalue weighted by molar-refractivity contribution is -0.138. The third-order valence-corrected chi connectivity index (χ3v) is 2.74. The molecular formula is C13H16F2O2. The molecule has 1 aromatic carbocycles. The summed E-state index contributed by atoms with van der Waals surface area (Å²) in [5.74, 6) is -4.67. The highest BCUT2D eigenvalue weighted by Crippen LogP contribution is 2.34. The lowest BCUT2D eigenvalue weighted by atomic mass is 9.96. The third kappa shape index (κ3) is 3.25. The zero-order chi connectivity index (χ0) is 13.1. The van der Waals surface area contributed by atoms with Crippen molar-refractivity contribution < 1.29 is 18.7 Å². The van der Waals surface area contributed by atoms with Gasteiger partial charge in [0, 0.05) is 12.0 Å². The van der Waals surface area contributed by atoms with Gasteiger partial charge in [0.15, 0.2) is 0 Å². The molecule has 1 unspecified atom stereocenters. The van der Waals surface area contributed by atoms with Crippen molar-refractivity contribution >= 4 is 5.97 Å². The van der Waals surface area contributed by atoms with E-state index in [1.165, 1.54) is 25.1 Å². The first-order valence-corrected chi connectivity index (χ1v) is 5.59. The molecule has 0 saturated carbocycles. The van der Waals surface area contributed by atoms with Crippen LogP contribution in [-0.4, -0.2) is 11.1 Å². The number of carboxylic acid groups (broad SMARTS) is 1. The monoisotopic (exact) mass is 242 g/mol. The quantitative estimate of drug-likeness (QED) is 0.853. The van der Waals surface area contributed by atoms with E-state index in [2.05, 4.69) is 0 Å². The Hall–Kier alpha value is -1.45. The summed E-state index contributed by atoms with van der Waals surface area (Å²) >= 11 is 0. The van der Waals surface area contributed by atoms with Crippen LogP contribution in [0.25, 0.3) is 0 Å². The van der Waals surface area contributed by atoms with Crippen LogP contribution in [0.15, 0.2) is 24.3 Å². The number of rotatable bonds is 5. The number of hydrogen-bond donors (Lipinski definition) is 1. The molecule has 1 aromatic rings. The van der Waals surface area contributed by atoms with Crippen molar-refractivity contribution in [1.82, 2.24) is 0 Å². The maximum absolute atomic E-state index is 13.7. The van der Waals surface area contributed by atoms with E-state index in [4.69, 9.17) is 5.11 Å². The number of hydrogen-bond acceptors (Lipinski definition) is 1. The largest absolute Gasteiger partial charge is 0.481 e. The number of carboxylic acids is 1. The predicted molar refractivity (Wildman–Crippen MR) is 61.3 cm³/mol. The standard InChI is InChI=1S/C13H16F2O2/c1-3-7-13(14,15)11-6-4-5-10(8-11)9(2)12(16)17/h4-6,8-9H,3,7H2,1-2H3,(H,16,17). The molecule has 0 aliphatic heterocycles. The number of halogens is 2. The normalized spacial score (nSPS) is 13.4. The Morgan fingerprint density at radius 1 is 1.47 bits per heavy atom. The minimum Gasteiger partial charge on any atom is -0.481 e. The van der Waals surface area contributed by atoms with Crippen molar-refractivity contribution in [2.24, 2.45) is 0 Å². The van der Waals surface area contributed by atoms with E-state index in [9.17, 15) is 13.6 Å². The van der Waals surface area contributed by atoms with E-state index in [1.54, 1.807) is 13.0 Å². The first kappa shape index (κ1) is 13.6. The Labute approximate surface area is 99.3 Å². The first-order chi connectivity index (χ1) is 7.88. The molecule has 0 radical (unpaired) electrons. The number of aliphatic carboxylic acids is 1. The summed E-state index contributed by atoms with van der Waals surface area (Å²) in [6.07, 6.45) is 0.156. The summed E-state index contributed by atoms with van der Waals surface area (Å²) in [6.45, 7) is 3.18. The van der Waals surface area contributed by atoms with Gasteiger partial charge in [0.05, 0.1) is 5.92 Å². The number of carbonyl (C=O) groups is 1. The van der Waals surface area contributed by atoms with Crippen LogP contribution in [0, 0.1) is 0 Å². The molecule has 4 heteroatoms. The molecule has 0 aliphatic rings. The smallest absolute Gasteiger partial charge is 0.310 e. The molecule has 1 rings (SSSR count). The van der Waals surface area contributed by atoms with Gasteiger partial charge in [0.2, 0.25) is 0 Å². The van der Waals surface area contributed by atoms with Gasteiger partial charge in [-0.3, -0.25) is 4.79 Å². The fourth-order valence-corrected chi connectivity index (χ4v) is 1.64. The molecule has 0 bridgehead atoms. The van der Waals surface area contributed by atoms with Crippen LogP contribution in [0.1, 0.15) is 43.7 Å². The molecular weight excluding hydrogens is 226 g/mol. The predicted octanol–water partition coefficient (Wildman–Crippen LogP) is 3.77. The van der Waals surface area contributed by atoms with E-state index in [0.29, 0.717) is 12.0 Å². The number of alkyl halides is 2. The van der Waals surface area contributed by atoms with Gasteiger partial charge in [-0.2, -0.15) is 0 Å². The summed E-state index contributed by atoms with van der Waals surface area (Å²) in [4.78, 5) is 10.8. The second kappa shape index (κ2) is 5.25. The molecule has 0 heterocycles. The van der Waals surface area contributed by atoms with Gasteiger partial charge in [0.25, 0.3) is 5.92 Å². The van der Waals surface area contributed by atoms with Crippen LogP contribution >= 0.6 is 0 Å².